The Hall–Kier alpha value is -2.97. The molecule has 0 spiro atoms. The third-order valence-electron chi connectivity index (χ3n) is 3.91. The van der Waals surface area contributed by atoms with Gasteiger partial charge in [0.05, 0.1) is 18.2 Å². The van der Waals surface area contributed by atoms with Crippen molar-refractivity contribution in [1.82, 2.24) is 0 Å². The highest BCUT2D eigenvalue weighted by Crippen LogP contribution is 2.42. The molecule has 9 heteroatoms. The molecule has 146 valence electrons. The van der Waals surface area contributed by atoms with Crippen molar-refractivity contribution < 1.29 is 28.8 Å². The van der Waals surface area contributed by atoms with Crippen LogP contribution in [-0.4, -0.2) is 41.6 Å². The first-order chi connectivity index (χ1) is 12.6. The number of anilines is 1. The van der Waals surface area contributed by atoms with E-state index < -0.39 is 46.9 Å². The van der Waals surface area contributed by atoms with Crippen LogP contribution < -0.4 is 4.90 Å². The number of nitrogens with zero attached hydrogens (tertiary/aromatic N) is 2. The molecule has 0 radical (unpaired) electrons. The number of hydrogen-bond donors (Lipinski definition) is 0. The summed E-state index contributed by atoms with van der Waals surface area (Å²) in [6.45, 7) is 5.77. The lowest BCUT2D eigenvalue weighted by Gasteiger charge is -2.24. The Bertz CT molecular complexity index is 769. The summed E-state index contributed by atoms with van der Waals surface area (Å²) in [6.07, 6.45) is -0.897. The summed E-state index contributed by atoms with van der Waals surface area (Å²) in [7, 11) is 0. The lowest BCUT2D eigenvalue weighted by Crippen LogP contribution is -2.42. The summed E-state index contributed by atoms with van der Waals surface area (Å²) in [5.41, 5.74) is -0.237. The SMILES string of the molecule is CCOC(=O)[C@@H](C[N+](=O)[O-])[C@H]1C(=O)N(C(=O)OC(C)(C)C)c2ccccc21. The number of esters is 1. The summed E-state index contributed by atoms with van der Waals surface area (Å²) in [4.78, 5) is 49.1. The quantitative estimate of drug-likeness (QED) is 0.439. The number of rotatable bonds is 5. The van der Waals surface area contributed by atoms with Crippen LogP contribution in [0.1, 0.15) is 39.2 Å². The van der Waals surface area contributed by atoms with Gasteiger partial charge in [0.25, 0.3) is 0 Å². The van der Waals surface area contributed by atoms with Crippen LogP contribution in [0.4, 0.5) is 10.5 Å². The van der Waals surface area contributed by atoms with E-state index in [2.05, 4.69) is 0 Å². The fourth-order valence-electron chi connectivity index (χ4n) is 2.96. The van der Waals surface area contributed by atoms with E-state index in [1.807, 2.05) is 0 Å². The molecule has 0 unspecified atom stereocenters. The number of imide groups is 1. The topological polar surface area (TPSA) is 116 Å². The maximum Gasteiger partial charge on any atom is 0.421 e. The Morgan fingerprint density at radius 1 is 1.30 bits per heavy atom. The molecule has 2 amide bonds. The molecule has 27 heavy (non-hydrogen) atoms. The van der Waals surface area contributed by atoms with E-state index in [1.54, 1.807) is 45.9 Å². The highest BCUT2D eigenvalue weighted by atomic mass is 16.6. The predicted octanol–water partition coefficient (Wildman–Crippen LogP) is 2.51. The van der Waals surface area contributed by atoms with E-state index in [9.17, 15) is 24.5 Å². The third-order valence-corrected chi connectivity index (χ3v) is 3.91. The highest BCUT2D eigenvalue weighted by molar-refractivity contribution is 6.20. The molecular weight excluding hydrogens is 356 g/mol. The molecular formula is C18H22N2O7. The fraction of sp³-hybridized carbons (Fsp3) is 0.500. The van der Waals surface area contributed by atoms with Crippen molar-refractivity contribution in [2.75, 3.05) is 18.1 Å². The first-order valence-electron chi connectivity index (χ1n) is 8.51. The fourth-order valence-corrected chi connectivity index (χ4v) is 2.96. The monoisotopic (exact) mass is 378 g/mol. The van der Waals surface area contributed by atoms with Gasteiger partial charge >= 0.3 is 12.1 Å². The van der Waals surface area contributed by atoms with Crippen LogP contribution in [0.3, 0.4) is 0 Å². The molecule has 2 atom stereocenters. The van der Waals surface area contributed by atoms with E-state index in [0.717, 1.165) is 4.90 Å². The zero-order chi connectivity index (χ0) is 20.4. The van der Waals surface area contributed by atoms with Gasteiger partial charge in [0.2, 0.25) is 12.5 Å². The number of carbonyl (C=O) groups excluding carboxylic acids is 3. The normalized spacial score (nSPS) is 17.3. The standard InChI is InChI=1S/C18H22N2O7/c1-5-26-16(22)12(10-19(24)25)14-11-8-6-7-9-13(11)20(15(14)21)17(23)27-18(2,3)4/h6-9,12,14H,5,10H2,1-4H3/t12-,14-/m0/s1. The summed E-state index contributed by atoms with van der Waals surface area (Å²) in [5.74, 6) is -4.14. The number of hydrogen-bond acceptors (Lipinski definition) is 7. The van der Waals surface area contributed by atoms with Crippen LogP contribution in [0.2, 0.25) is 0 Å². The average molecular weight is 378 g/mol. The van der Waals surface area contributed by atoms with Gasteiger partial charge in [0.1, 0.15) is 11.5 Å². The smallest absolute Gasteiger partial charge is 0.421 e. The van der Waals surface area contributed by atoms with Gasteiger partial charge in [-0.2, -0.15) is 0 Å². The van der Waals surface area contributed by atoms with Gasteiger partial charge in [-0.3, -0.25) is 19.7 Å². The molecule has 0 bridgehead atoms. The second kappa shape index (κ2) is 7.73. The van der Waals surface area contributed by atoms with Crippen molar-refractivity contribution >= 4 is 23.7 Å². The Kier molecular flexibility index (Phi) is 5.82. The van der Waals surface area contributed by atoms with Gasteiger partial charge < -0.3 is 9.47 Å². The van der Waals surface area contributed by atoms with Crippen molar-refractivity contribution in [2.45, 2.75) is 39.2 Å². The molecule has 1 aromatic carbocycles. The van der Waals surface area contributed by atoms with Crippen molar-refractivity contribution in [1.29, 1.82) is 0 Å². The lowest BCUT2D eigenvalue weighted by molar-refractivity contribution is -0.486. The molecule has 1 aliphatic rings. The summed E-state index contributed by atoms with van der Waals surface area (Å²) in [6, 6.07) is 6.35. The van der Waals surface area contributed by atoms with Crippen LogP contribution in [-0.2, 0) is 19.1 Å². The average Bonchev–Trinajstić information content (AvgIpc) is 2.83. The molecule has 0 saturated heterocycles. The zero-order valence-corrected chi connectivity index (χ0v) is 15.6. The van der Waals surface area contributed by atoms with E-state index in [4.69, 9.17) is 9.47 Å². The largest absolute Gasteiger partial charge is 0.466 e. The molecule has 0 N–H and O–H groups in total. The number of ether oxygens (including phenoxy) is 2. The van der Waals surface area contributed by atoms with Crippen LogP contribution in [0.25, 0.3) is 0 Å². The van der Waals surface area contributed by atoms with Crippen molar-refractivity contribution in [2.24, 2.45) is 5.92 Å². The van der Waals surface area contributed by atoms with Crippen LogP contribution in [0.5, 0.6) is 0 Å². The van der Waals surface area contributed by atoms with E-state index in [-0.39, 0.29) is 12.3 Å². The molecule has 0 aliphatic carbocycles. The van der Waals surface area contributed by atoms with Gasteiger partial charge in [-0.1, -0.05) is 18.2 Å². The Morgan fingerprint density at radius 2 is 1.93 bits per heavy atom. The molecule has 0 saturated carbocycles. The maximum absolute atomic E-state index is 13.0. The van der Waals surface area contributed by atoms with E-state index >= 15 is 0 Å². The van der Waals surface area contributed by atoms with Crippen LogP contribution >= 0.6 is 0 Å². The van der Waals surface area contributed by atoms with Crippen molar-refractivity contribution in [3.63, 3.8) is 0 Å². The molecule has 0 fully saturated rings. The van der Waals surface area contributed by atoms with Gasteiger partial charge in [0.15, 0.2) is 0 Å². The second-order valence-corrected chi connectivity index (χ2v) is 7.06. The minimum absolute atomic E-state index is 0.0192. The van der Waals surface area contributed by atoms with Gasteiger partial charge in [0, 0.05) is 4.92 Å². The number of amides is 2. The zero-order valence-electron chi connectivity index (χ0n) is 15.6. The molecule has 1 aromatic rings. The number of benzene rings is 1. The minimum Gasteiger partial charge on any atom is -0.466 e. The van der Waals surface area contributed by atoms with Gasteiger partial charge in [-0.05, 0) is 39.3 Å². The predicted molar refractivity (Wildman–Crippen MR) is 94.9 cm³/mol. The Labute approximate surface area is 156 Å². The minimum atomic E-state index is -1.35. The van der Waals surface area contributed by atoms with Crippen molar-refractivity contribution in [3.05, 3.63) is 39.9 Å². The number of fused-ring (bicyclic) bond motifs is 1. The second-order valence-electron chi connectivity index (χ2n) is 7.06. The first-order valence-corrected chi connectivity index (χ1v) is 8.51. The first kappa shape index (κ1) is 20.3. The molecule has 1 heterocycles. The van der Waals surface area contributed by atoms with E-state index in [0.29, 0.717) is 5.56 Å². The van der Waals surface area contributed by atoms with Crippen LogP contribution in [0.15, 0.2) is 24.3 Å². The van der Waals surface area contributed by atoms with Crippen LogP contribution in [0, 0.1) is 16.0 Å². The Balaban J connectivity index is 2.48. The number of carbonyl (C=O) groups is 3. The maximum atomic E-state index is 13.0. The van der Waals surface area contributed by atoms with Gasteiger partial charge in [-0.25, -0.2) is 9.69 Å². The van der Waals surface area contributed by atoms with E-state index in [1.165, 1.54) is 6.07 Å². The number of para-hydroxylation sites is 1. The molecule has 9 nitrogen and oxygen atoms in total. The summed E-state index contributed by atoms with van der Waals surface area (Å²) in [5, 5.41) is 11.1. The molecule has 0 aromatic heterocycles. The summed E-state index contributed by atoms with van der Waals surface area (Å²) < 4.78 is 10.2. The molecule has 2 rings (SSSR count). The lowest BCUT2D eigenvalue weighted by atomic mass is 9.87. The number of nitro groups is 1. The highest BCUT2D eigenvalue weighted by Gasteiger charge is 2.50. The van der Waals surface area contributed by atoms with Crippen molar-refractivity contribution in [3.8, 4) is 0 Å². The molecule has 1 aliphatic heterocycles. The van der Waals surface area contributed by atoms with Gasteiger partial charge in [-0.15, -0.1) is 0 Å². The third kappa shape index (κ3) is 4.42. The summed E-state index contributed by atoms with van der Waals surface area (Å²) >= 11 is 0. The Morgan fingerprint density at radius 3 is 2.48 bits per heavy atom.